The van der Waals surface area contributed by atoms with Crippen molar-refractivity contribution >= 4 is 6.29 Å². The molecule has 0 amide bonds. The number of hydrogen-bond donors (Lipinski definition) is 0. The van der Waals surface area contributed by atoms with Crippen LogP contribution in [-0.4, -0.2) is 11.3 Å². The van der Waals surface area contributed by atoms with Crippen LogP contribution in [0.4, 0.5) is 0 Å². The highest BCUT2D eigenvalue weighted by Gasteiger charge is 2.05. The Hall–Kier alpha value is -1.90. The van der Waals surface area contributed by atoms with Gasteiger partial charge in [-0.05, 0) is 18.2 Å². The Balaban J connectivity index is 2.57. The molecule has 0 atom stereocenters. The van der Waals surface area contributed by atoms with Crippen molar-refractivity contribution < 1.29 is 9.21 Å². The molecule has 64 valence electrons. The molecule has 0 aliphatic heterocycles. The Labute approximate surface area is 75.0 Å². The fourth-order valence-corrected chi connectivity index (χ4v) is 1.16. The zero-order valence-corrected chi connectivity index (χ0v) is 6.81. The van der Waals surface area contributed by atoms with Crippen molar-refractivity contribution in [3.63, 3.8) is 0 Å². The molecule has 0 bridgehead atoms. The molecule has 3 heteroatoms. The van der Waals surface area contributed by atoms with Gasteiger partial charge < -0.3 is 4.42 Å². The van der Waals surface area contributed by atoms with E-state index >= 15 is 0 Å². The molecule has 3 nitrogen and oxygen atoms in total. The summed E-state index contributed by atoms with van der Waals surface area (Å²) >= 11 is 0. The standard InChI is InChI=1S/C10H7NO2/c12-7-8-6-11-4-3-9(8)10-2-1-5-13-10/h1-7H. The van der Waals surface area contributed by atoms with Crippen LogP contribution in [0.1, 0.15) is 10.4 Å². The fraction of sp³-hybridized carbons (Fsp3) is 0. The van der Waals surface area contributed by atoms with Gasteiger partial charge in [-0.3, -0.25) is 9.78 Å². The third-order valence-corrected chi connectivity index (χ3v) is 1.77. The lowest BCUT2D eigenvalue weighted by atomic mass is 10.1. The molecular weight excluding hydrogens is 166 g/mol. The molecule has 0 saturated carbocycles. The van der Waals surface area contributed by atoms with Crippen molar-refractivity contribution in [2.45, 2.75) is 0 Å². The zero-order chi connectivity index (χ0) is 9.10. The molecule has 2 rings (SSSR count). The van der Waals surface area contributed by atoms with Crippen LogP contribution in [0.2, 0.25) is 0 Å². The Kier molecular flexibility index (Phi) is 1.92. The maximum absolute atomic E-state index is 10.6. The van der Waals surface area contributed by atoms with E-state index in [1.165, 1.54) is 6.20 Å². The Bertz CT molecular complexity index is 407. The minimum atomic E-state index is 0.539. The van der Waals surface area contributed by atoms with Gasteiger partial charge in [-0.15, -0.1) is 0 Å². The van der Waals surface area contributed by atoms with Crippen molar-refractivity contribution in [1.82, 2.24) is 4.98 Å². The van der Waals surface area contributed by atoms with Gasteiger partial charge in [-0.1, -0.05) is 0 Å². The molecule has 0 fully saturated rings. The highest BCUT2D eigenvalue weighted by atomic mass is 16.3. The molecule has 2 aromatic rings. The van der Waals surface area contributed by atoms with E-state index in [-0.39, 0.29) is 0 Å². The summed E-state index contributed by atoms with van der Waals surface area (Å²) in [6.45, 7) is 0. The molecule has 2 heterocycles. The molecule has 0 radical (unpaired) electrons. The maximum Gasteiger partial charge on any atom is 0.152 e. The summed E-state index contributed by atoms with van der Waals surface area (Å²) in [6, 6.07) is 5.34. The second kappa shape index (κ2) is 3.23. The maximum atomic E-state index is 10.6. The van der Waals surface area contributed by atoms with Gasteiger partial charge in [0.05, 0.1) is 6.26 Å². The highest BCUT2D eigenvalue weighted by molar-refractivity contribution is 5.85. The molecule has 0 saturated heterocycles. The minimum absolute atomic E-state index is 0.539. The second-order valence-electron chi connectivity index (χ2n) is 2.56. The van der Waals surface area contributed by atoms with Crippen molar-refractivity contribution in [2.24, 2.45) is 0 Å². The average molecular weight is 173 g/mol. The summed E-state index contributed by atoms with van der Waals surface area (Å²) < 4.78 is 5.18. The van der Waals surface area contributed by atoms with Gasteiger partial charge >= 0.3 is 0 Å². The molecule has 0 N–H and O–H groups in total. The number of furan rings is 1. The normalized spacial score (nSPS) is 9.85. The second-order valence-corrected chi connectivity index (χ2v) is 2.56. The average Bonchev–Trinajstić information content (AvgIpc) is 2.70. The molecule has 2 aromatic heterocycles. The van der Waals surface area contributed by atoms with E-state index in [1.807, 2.05) is 6.07 Å². The van der Waals surface area contributed by atoms with Crippen LogP contribution in [0, 0.1) is 0 Å². The number of hydrogen-bond acceptors (Lipinski definition) is 3. The van der Waals surface area contributed by atoms with Crippen LogP contribution in [0.5, 0.6) is 0 Å². The fourth-order valence-electron chi connectivity index (χ4n) is 1.16. The molecule has 0 aliphatic rings. The first-order valence-electron chi connectivity index (χ1n) is 3.85. The molecule has 13 heavy (non-hydrogen) atoms. The SMILES string of the molecule is O=Cc1cnccc1-c1ccco1. The van der Waals surface area contributed by atoms with Gasteiger partial charge in [-0.25, -0.2) is 0 Å². The number of aromatic nitrogens is 1. The van der Waals surface area contributed by atoms with E-state index in [1.54, 1.807) is 24.6 Å². The van der Waals surface area contributed by atoms with E-state index < -0.39 is 0 Å². The van der Waals surface area contributed by atoms with Crippen molar-refractivity contribution in [3.8, 4) is 11.3 Å². The topological polar surface area (TPSA) is 43.1 Å². The number of carbonyl (C=O) groups excluding carboxylic acids is 1. The van der Waals surface area contributed by atoms with Crippen LogP contribution in [0.3, 0.4) is 0 Å². The van der Waals surface area contributed by atoms with E-state index in [9.17, 15) is 4.79 Å². The number of nitrogens with zero attached hydrogens (tertiary/aromatic N) is 1. The summed E-state index contributed by atoms with van der Waals surface area (Å²) in [4.78, 5) is 14.5. The van der Waals surface area contributed by atoms with Crippen molar-refractivity contribution in [2.75, 3.05) is 0 Å². The summed E-state index contributed by atoms with van der Waals surface area (Å²) in [7, 11) is 0. The van der Waals surface area contributed by atoms with Crippen LogP contribution < -0.4 is 0 Å². The van der Waals surface area contributed by atoms with Gasteiger partial charge in [0.1, 0.15) is 5.76 Å². The summed E-state index contributed by atoms with van der Waals surface area (Å²) in [5, 5.41) is 0. The summed E-state index contributed by atoms with van der Waals surface area (Å²) in [5.41, 5.74) is 1.31. The van der Waals surface area contributed by atoms with Crippen LogP contribution in [0.25, 0.3) is 11.3 Å². The lowest BCUT2D eigenvalue weighted by molar-refractivity contribution is 0.112. The first-order chi connectivity index (χ1) is 6.42. The monoisotopic (exact) mass is 173 g/mol. The number of rotatable bonds is 2. The molecular formula is C10H7NO2. The van der Waals surface area contributed by atoms with Crippen molar-refractivity contribution in [1.29, 1.82) is 0 Å². The van der Waals surface area contributed by atoms with E-state index in [0.717, 1.165) is 11.8 Å². The van der Waals surface area contributed by atoms with Gasteiger partial charge in [0, 0.05) is 23.5 Å². The van der Waals surface area contributed by atoms with Crippen LogP contribution in [-0.2, 0) is 0 Å². The summed E-state index contributed by atoms with van der Waals surface area (Å²) in [6.07, 6.45) is 5.49. The number of aldehydes is 1. The van der Waals surface area contributed by atoms with Crippen LogP contribution in [0.15, 0.2) is 41.3 Å². The van der Waals surface area contributed by atoms with Gasteiger partial charge in [0.15, 0.2) is 6.29 Å². The first kappa shape index (κ1) is 7.73. The Morgan fingerprint density at radius 3 is 3.00 bits per heavy atom. The first-order valence-corrected chi connectivity index (χ1v) is 3.85. The predicted molar refractivity (Wildman–Crippen MR) is 47.3 cm³/mol. The quantitative estimate of drug-likeness (QED) is 0.653. The zero-order valence-electron chi connectivity index (χ0n) is 6.81. The molecule has 0 aliphatic carbocycles. The lowest BCUT2D eigenvalue weighted by Gasteiger charge is -1.98. The van der Waals surface area contributed by atoms with E-state index in [4.69, 9.17) is 4.42 Å². The Morgan fingerprint density at radius 2 is 2.31 bits per heavy atom. The largest absolute Gasteiger partial charge is 0.464 e. The third kappa shape index (κ3) is 1.36. The lowest BCUT2D eigenvalue weighted by Crippen LogP contribution is -1.86. The smallest absolute Gasteiger partial charge is 0.152 e. The van der Waals surface area contributed by atoms with E-state index in [2.05, 4.69) is 4.98 Å². The number of pyridine rings is 1. The van der Waals surface area contributed by atoms with Gasteiger partial charge in [-0.2, -0.15) is 0 Å². The minimum Gasteiger partial charge on any atom is -0.464 e. The predicted octanol–water partition coefficient (Wildman–Crippen LogP) is 2.15. The summed E-state index contributed by atoms with van der Waals surface area (Å²) in [5.74, 6) is 0.685. The number of carbonyl (C=O) groups is 1. The Morgan fingerprint density at radius 1 is 1.38 bits per heavy atom. The van der Waals surface area contributed by atoms with E-state index in [0.29, 0.717) is 11.3 Å². The molecule has 0 spiro atoms. The van der Waals surface area contributed by atoms with Crippen molar-refractivity contribution in [3.05, 3.63) is 42.4 Å². The highest BCUT2D eigenvalue weighted by Crippen LogP contribution is 2.21. The van der Waals surface area contributed by atoms with Gasteiger partial charge in [0.25, 0.3) is 0 Å². The molecule has 0 aromatic carbocycles. The van der Waals surface area contributed by atoms with Gasteiger partial charge in [0.2, 0.25) is 0 Å². The molecule has 0 unspecified atom stereocenters. The van der Waals surface area contributed by atoms with Crippen LogP contribution >= 0.6 is 0 Å². The third-order valence-electron chi connectivity index (χ3n) is 1.77.